The molecule has 0 aliphatic carbocycles. The summed E-state index contributed by atoms with van der Waals surface area (Å²) in [6.07, 6.45) is 4.55. The predicted molar refractivity (Wildman–Crippen MR) is 73.0 cm³/mol. The Morgan fingerprint density at radius 2 is 2.28 bits per heavy atom. The summed E-state index contributed by atoms with van der Waals surface area (Å²) in [4.78, 5) is 15.8. The fourth-order valence-electron chi connectivity index (χ4n) is 1.33. The Bertz CT molecular complexity index is 577. The summed E-state index contributed by atoms with van der Waals surface area (Å²) in [5.74, 6) is 0.899. The number of aryl methyl sites for hydroxylation is 1. The van der Waals surface area contributed by atoms with Gasteiger partial charge in [-0.1, -0.05) is 0 Å². The Kier molecular flexibility index (Phi) is 3.94. The van der Waals surface area contributed by atoms with Gasteiger partial charge in [0.15, 0.2) is 0 Å². The zero-order valence-corrected chi connectivity index (χ0v) is 11.3. The van der Waals surface area contributed by atoms with E-state index < -0.39 is 0 Å². The summed E-state index contributed by atoms with van der Waals surface area (Å²) in [6.45, 7) is 1.86. The van der Waals surface area contributed by atoms with E-state index in [4.69, 9.17) is 4.42 Å². The molecule has 0 radical (unpaired) electrons. The highest BCUT2D eigenvalue weighted by Crippen LogP contribution is 2.16. The second kappa shape index (κ2) is 5.64. The van der Waals surface area contributed by atoms with Crippen LogP contribution in [0.25, 0.3) is 6.08 Å². The van der Waals surface area contributed by atoms with Crippen molar-refractivity contribution in [2.24, 2.45) is 0 Å². The van der Waals surface area contributed by atoms with Gasteiger partial charge in [-0.05, 0) is 53.2 Å². The molecule has 0 aliphatic heterocycles. The molecule has 18 heavy (non-hydrogen) atoms. The molecule has 0 bridgehead atoms. The highest BCUT2D eigenvalue weighted by molar-refractivity contribution is 9.10. The van der Waals surface area contributed by atoms with Gasteiger partial charge < -0.3 is 9.73 Å². The van der Waals surface area contributed by atoms with Gasteiger partial charge in [0, 0.05) is 10.5 Å². The second-order valence-corrected chi connectivity index (χ2v) is 4.46. The lowest BCUT2D eigenvalue weighted by molar-refractivity contribution is -0.111. The first kappa shape index (κ1) is 12.6. The van der Waals surface area contributed by atoms with Crippen LogP contribution >= 0.6 is 15.9 Å². The molecule has 1 amide bonds. The maximum atomic E-state index is 11.6. The summed E-state index contributed by atoms with van der Waals surface area (Å²) in [5.41, 5.74) is 0.822. The van der Waals surface area contributed by atoms with Gasteiger partial charge in [0.2, 0.25) is 5.91 Å². The van der Waals surface area contributed by atoms with E-state index in [0.717, 1.165) is 10.2 Å². The minimum atomic E-state index is -0.249. The van der Waals surface area contributed by atoms with Crippen LogP contribution in [0.3, 0.4) is 0 Å². The van der Waals surface area contributed by atoms with Crippen LogP contribution < -0.4 is 5.32 Å². The molecular formula is C13H11BrN2O2. The maximum Gasteiger partial charge on any atom is 0.249 e. The van der Waals surface area contributed by atoms with E-state index in [0.29, 0.717) is 11.6 Å². The van der Waals surface area contributed by atoms with E-state index in [1.54, 1.807) is 30.5 Å². The van der Waals surface area contributed by atoms with Gasteiger partial charge in [0.25, 0.3) is 0 Å². The largest absolute Gasteiger partial charge is 0.465 e. The van der Waals surface area contributed by atoms with E-state index in [1.165, 1.54) is 6.08 Å². The number of nitrogens with one attached hydrogen (secondary N) is 1. The minimum Gasteiger partial charge on any atom is -0.465 e. The van der Waals surface area contributed by atoms with Crippen LogP contribution in [0.2, 0.25) is 0 Å². The number of hydrogen-bond acceptors (Lipinski definition) is 3. The standard InChI is InChI=1S/C13H11BrN2O2/c1-9-11(14)5-6-12(15-9)16-13(17)7-4-10-3-2-8-18-10/h2-8H,1H3,(H,15,16,17)/b7-4+. The van der Waals surface area contributed by atoms with Crippen LogP contribution in [0.1, 0.15) is 11.5 Å². The van der Waals surface area contributed by atoms with Crippen molar-refractivity contribution < 1.29 is 9.21 Å². The van der Waals surface area contributed by atoms with Crippen molar-refractivity contribution in [2.75, 3.05) is 5.32 Å². The summed E-state index contributed by atoms with van der Waals surface area (Å²) in [7, 11) is 0. The molecule has 2 aromatic heterocycles. The first-order chi connectivity index (χ1) is 8.65. The van der Waals surface area contributed by atoms with E-state index in [9.17, 15) is 4.79 Å². The Morgan fingerprint density at radius 3 is 2.94 bits per heavy atom. The number of carbonyl (C=O) groups excluding carboxylic acids is 1. The fraction of sp³-hybridized carbons (Fsp3) is 0.0769. The number of anilines is 1. The molecule has 0 unspecified atom stereocenters. The SMILES string of the molecule is Cc1nc(NC(=O)/C=C/c2ccco2)ccc1Br. The average Bonchev–Trinajstić information content (AvgIpc) is 2.84. The van der Waals surface area contributed by atoms with Gasteiger partial charge >= 0.3 is 0 Å². The third kappa shape index (κ3) is 3.30. The molecule has 1 N–H and O–H groups in total. The topological polar surface area (TPSA) is 55.1 Å². The quantitative estimate of drug-likeness (QED) is 0.884. The lowest BCUT2D eigenvalue weighted by Crippen LogP contribution is -2.09. The highest BCUT2D eigenvalue weighted by atomic mass is 79.9. The first-order valence-corrected chi connectivity index (χ1v) is 6.10. The first-order valence-electron chi connectivity index (χ1n) is 5.31. The molecule has 0 atom stereocenters. The van der Waals surface area contributed by atoms with Crippen molar-refractivity contribution in [2.45, 2.75) is 6.92 Å². The molecule has 2 heterocycles. The number of aromatic nitrogens is 1. The summed E-state index contributed by atoms with van der Waals surface area (Å²) in [5, 5.41) is 2.67. The van der Waals surface area contributed by atoms with Gasteiger partial charge in [0.1, 0.15) is 11.6 Å². The molecule has 92 valence electrons. The van der Waals surface area contributed by atoms with Crippen LogP contribution in [0.15, 0.2) is 45.5 Å². The van der Waals surface area contributed by atoms with E-state index in [1.807, 2.05) is 13.0 Å². The molecule has 0 aliphatic rings. The smallest absolute Gasteiger partial charge is 0.249 e. The minimum absolute atomic E-state index is 0.249. The number of furan rings is 1. The molecule has 0 fully saturated rings. The lowest BCUT2D eigenvalue weighted by atomic mass is 10.3. The second-order valence-electron chi connectivity index (χ2n) is 3.60. The normalized spacial score (nSPS) is 10.8. The van der Waals surface area contributed by atoms with Gasteiger partial charge in [-0.25, -0.2) is 4.98 Å². The number of carbonyl (C=O) groups is 1. The zero-order valence-electron chi connectivity index (χ0n) is 9.68. The molecule has 5 heteroatoms. The van der Waals surface area contributed by atoms with Crippen molar-refractivity contribution in [3.05, 3.63) is 52.5 Å². The summed E-state index contributed by atoms with van der Waals surface area (Å²) in [6, 6.07) is 7.10. The molecular weight excluding hydrogens is 296 g/mol. The number of hydrogen-bond donors (Lipinski definition) is 1. The zero-order chi connectivity index (χ0) is 13.0. The molecule has 0 spiro atoms. The number of rotatable bonds is 3. The average molecular weight is 307 g/mol. The van der Waals surface area contributed by atoms with Crippen LogP contribution in [0.4, 0.5) is 5.82 Å². The lowest BCUT2D eigenvalue weighted by Gasteiger charge is -2.03. The maximum absolute atomic E-state index is 11.6. The highest BCUT2D eigenvalue weighted by Gasteiger charge is 2.02. The molecule has 2 aromatic rings. The van der Waals surface area contributed by atoms with Gasteiger partial charge in [0.05, 0.1) is 12.0 Å². The fourth-order valence-corrected chi connectivity index (χ4v) is 1.55. The third-order valence-corrected chi connectivity index (χ3v) is 3.05. The molecule has 4 nitrogen and oxygen atoms in total. The van der Waals surface area contributed by atoms with Crippen molar-refractivity contribution >= 4 is 33.7 Å². The van der Waals surface area contributed by atoms with Crippen LogP contribution in [0.5, 0.6) is 0 Å². The predicted octanol–water partition coefficient (Wildman–Crippen LogP) is 3.40. The van der Waals surface area contributed by atoms with Gasteiger partial charge in [-0.2, -0.15) is 0 Å². The van der Waals surface area contributed by atoms with Crippen molar-refractivity contribution in [1.82, 2.24) is 4.98 Å². The third-order valence-electron chi connectivity index (χ3n) is 2.21. The van der Waals surface area contributed by atoms with Crippen molar-refractivity contribution in [3.8, 4) is 0 Å². The Balaban J connectivity index is 2.01. The van der Waals surface area contributed by atoms with E-state index in [2.05, 4.69) is 26.2 Å². The number of nitrogens with zero attached hydrogens (tertiary/aromatic N) is 1. The van der Waals surface area contributed by atoms with Gasteiger partial charge in [-0.15, -0.1) is 0 Å². The van der Waals surface area contributed by atoms with Crippen molar-refractivity contribution in [1.29, 1.82) is 0 Å². The molecule has 2 rings (SSSR count). The van der Waals surface area contributed by atoms with Crippen LogP contribution in [-0.4, -0.2) is 10.9 Å². The summed E-state index contributed by atoms with van der Waals surface area (Å²) < 4.78 is 5.99. The molecule has 0 saturated heterocycles. The molecule has 0 aromatic carbocycles. The van der Waals surface area contributed by atoms with Crippen molar-refractivity contribution in [3.63, 3.8) is 0 Å². The molecule has 0 saturated carbocycles. The Labute approximate surface area is 113 Å². The van der Waals surface area contributed by atoms with E-state index in [-0.39, 0.29) is 5.91 Å². The van der Waals surface area contributed by atoms with Gasteiger partial charge in [-0.3, -0.25) is 4.79 Å². The van der Waals surface area contributed by atoms with Crippen LogP contribution in [-0.2, 0) is 4.79 Å². The Hall–Kier alpha value is -1.88. The van der Waals surface area contributed by atoms with Crippen LogP contribution in [0, 0.1) is 6.92 Å². The number of pyridine rings is 1. The number of amides is 1. The monoisotopic (exact) mass is 306 g/mol. The summed E-state index contributed by atoms with van der Waals surface area (Å²) >= 11 is 3.35. The Morgan fingerprint density at radius 1 is 1.44 bits per heavy atom. The van der Waals surface area contributed by atoms with E-state index >= 15 is 0 Å². The number of halogens is 1.